The van der Waals surface area contributed by atoms with Crippen molar-refractivity contribution in [2.24, 2.45) is 0 Å². The Balaban J connectivity index is 1.86. The second kappa shape index (κ2) is 14.6. The highest BCUT2D eigenvalue weighted by Gasteiger charge is 2.14. The molecule has 0 N–H and O–H groups in total. The zero-order valence-electron chi connectivity index (χ0n) is 19.0. The van der Waals surface area contributed by atoms with E-state index in [1.807, 2.05) is 6.08 Å². The van der Waals surface area contributed by atoms with Crippen LogP contribution < -0.4 is 10.4 Å². The molecule has 1 heterocycles. The van der Waals surface area contributed by atoms with Gasteiger partial charge in [-0.1, -0.05) is 76.2 Å². The number of allylic oxidation sites excluding steroid dienone is 3. The molecule has 0 aliphatic rings. The van der Waals surface area contributed by atoms with Crippen molar-refractivity contribution in [1.82, 2.24) is 0 Å². The molecule has 0 amide bonds. The third-order valence-corrected chi connectivity index (χ3v) is 5.40. The highest BCUT2D eigenvalue weighted by atomic mass is 19.1. The Bertz CT molecular complexity index is 882. The first-order chi connectivity index (χ1) is 15.2. The summed E-state index contributed by atoms with van der Waals surface area (Å²) in [7, 11) is 0. The fraction of sp³-hybridized carbons (Fsp3) is 0.519. The Morgan fingerprint density at radius 2 is 1.71 bits per heavy atom. The van der Waals surface area contributed by atoms with Crippen LogP contribution in [-0.2, 0) is 6.42 Å². The highest BCUT2D eigenvalue weighted by molar-refractivity contribution is 5.83. The van der Waals surface area contributed by atoms with E-state index in [0.29, 0.717) is 24.2 Å². The van der Waals surface area contributed by atoms with Crippen molar-refractivity contribution in [2.75, 3.05) is 6.61 Å². The fourth-order valence-corrected chi connectivity index (χ4v) is 3.60. The Labute approximate surface area is 186 Å². The molecule has 4 heteroatoms. The van der Waals surface area contributed by atoms with Crippen LogP contribution in [0.4, 0.5) is 4.39 Å². The number of halogens is 1. The van der Waals surface area contributed by atoms with Gasteiger partial charge in [0.1, 0.15) is 11.1 Å². The lowest BCUT2D eigenvalue weighted by Gasteiger charge is -2.09. The average Bonchev–Trinajstić information content (AvgIpc) is 2.76. The summed E-state index contributed by atoms with van der Waals surface area (Å²) in [4.78, 5) is 12.4. The molecule has 3 nitrogen and oxygen atoms in total. The van der Waals surface area contributed by atoms with Gasteiger partial charge in [0, 0.05) is 6.42 Å². The largest absolute Gasteiger partial charge is 0.490 e. The van der Waals surface area contributed by atoms with Gasteiger partial charge in [-0.2, -0.15) is 0 Å². The monoisotopic (exact) mass is 428 g/mol. The lowest BCUT2D eigenvalue weighted by Crippen LogP contribution is -2.07. The summed E-state index contributed by atoms with van der Waals surface area (Å²) in [5.41, 5.74) is -0.641. The molecule has 170 valence electrons. The molecule has 0 aliphatic heterocycles. The first kappa shape index (κ1) is 24.9. The van der Waals surface area contributed by atoms with Crippen LogP contribution in [0.5, 0.6) is 5.75 Å². The van der Waals surface area contributed by atoms with Crippen molar-refractivity contribution in [3.05, 3.63) is 65.0 Å². The number of unbranched alkanes of at least 4 members (excludes halogenated alkanes) is 8. The molecule has 0 saturated carbocycles. The van der Waals surface area contributed by atoms with E-state index in [2.05, 4.69) is 25.7 Å². The maximum atomic E-state index is 14.8. The fourth-order valence-electron chi connectivity index (χ4n) is 3.60. The Kier molecular flexibility index (Phi) is 11.7. The van der Waals surface area contributed by atoms with Crippen molar-refractivity contribution < 1.29 is 13.5 Å². The molecule has 0 aliphatic carbocycles. The van der Waals surface area contributed by atoms with E-state index in [1.165, 1.54) is 38.5 Å². The van der Waals surface area contributed by atoms with Crippen LogP contribution >= 0.6 is 0 Å². The summed E-state index contributed by atoms with van der Waals surface area (Å²) < 4.78 is 25.8. The van der Waals surface area contributed by atoms with Crippen molar-refractivity contribution in [2.45, 2.75) is 84.0 Å². The highest BCUT2D eigenvalue weighted by Crippen LogP contribution is 2.25. The maximum Gasteiger partial charge on any atom is 0.346 e. The summed E-state index contributed by atoms with van der Waals surface area (Å²) in [6.07, 6.45) is 18.9. The molecule has 0 atom stereocenters. The van der Waals surface area contributed by atoms with Crippen LogP contribution in [0.1, 0.15) is 83.3 Å². The van der Waals surface area contributed by atoms with Gasteiger partial charge in [-0.3, -0.25) is 0 Å². The summed E-state index contributed by atoms with van der Waals surface area (Å²) in [6.45, 7) is 6.37. The Morgan fingerprint density at radius 1 is 1.00 bits per heavy atom. The van der Waals surface area contributed by atoms with E-state index in [4.69, 9.17) is 9.15 Å². The smallest absolute Gasteiger partial charge is 0.346 e. The minimum atomic E-state index is -0.641. The SMILES string of the molecule is C=CCC/C=C/CCc1cc2ccc(OCCCCCCCCCC)c(F)c2c(=O)o1. The van der Waals surface area contributed by atoms with E-state index >= 15 is 0 Å². The van der Waals surface area contributed by atoms with Crippen LogP contribution in [0.2, 0.25) is 0 Å². The molecule has 0 unspecified atom stereocenters. The number of fused-ring (bicyclic) bond motifs is 1. The van der Waals surface area contributed by atoms with Crippen LogP contribution in [-0.4, -0.2) is 6.61 Å². The van der Waals surface area contributed by atoms with Gasteiger partial charge in [0.15, 0.2) is 11.6 Å². The van der Waals surface area contributed by atoms with Gasteiger partial charge in [-0.15, -0.1) is 6.58 Å². The van der Waals surface area contributed by atoms with Crippen LogP contribution in [0.25, 0.3) is 10.8 Å². The molecule has 0 bridgehead atoms. The zero-order chi connectivity index (χ0) is 22.3. The topological polar surface area (TPSA) is 39.4 Å². The molecule has 0 fully saturated rings. The molecule has 1 aromatic carbocycles. The minimum Gasteiger partial charge on any atom is -0.490 e. The average molecular weight is 429 g/mol. The number of benzene rings is 1. The number of hydrogen-bond donors (Lipinski definition) is 0. The van der Waals surface area contributed by atoms with E-state index in [1.54, 1.807) is 18.2 Å². The van der Waals surface area contributed by atoms with E-state index in [0.717, 1.165) is 32.1 Å². The van der Waals surface area contributed by atoms with E-state index in [-0.39, 0.29) is 11.1 Å². The maximum absolute atomic E-state index is 14.8. The number of rotatable bonds is 16. The standard InChI is InChI=1S/C27H37FO3/c1-3-5-7-9-11-12-14-16-20-30-24-19-18-22-21-23(17-15-13-10-8-6-4-2)31-27(29)25(22)26(24)28/h4,10,13,18-19,21H,2-3,5-9,11-12,14-17,20H2,1H3/b13-10+. The number of aryl methyl sites for hydroxylation is 1. The summed E-state index contributed by atoms with van der Waals surface area (Å²) >= 11 is 0. The van der Waals surface area contributed by atoms with Gasteiger partial charge >= 0.3 is 5.63 Å². The second-order valence-corrected chi connectivity index (χ2v) is 8.04. The molecular weight excluding hydrogens is 391 g/mol. The van der Waals surface area contributed by atoms with Crippen LogP contribution in [0.3, 0.4) is 0 Å². The third kappa shape index (κ3) is 8.72. The lowest BCUT2D eigenvalue weighted by atomic mass is 10.1. The van der Waals surface area contributed by atoms with Gasteiger partial charge in [0.05, 0.1) is 6.61 Å². The quantitative estimate of drug-likeness (QED) is 0.201. The normalized spacial score (nSPS) is 11.4. The van der Waals surface area contributed by atoms with Crippen LogP contribution in [0.15, 0.2) is 52.2 Å². The Morgan fingerprint density at radius 3 is 2.45 bits per heavy atom. The summed E-state index contributed by atoms with van der Waals surface area (Å²) in [5, 5.41) is 0.525. The van der Waals surface area contributed by atoms with Gasteiger partial charge in [0.2, 0.25) is 0 Å². The van der Waals surface area contributed by atoms with Crippen molar-refractivity contribution in [3.63, 3.8) is 0 Å². The number of hydrogen-bond acceptors (Lipinski definition) is 3. The summed E-state index contributed by atoms with van der Waals surface area (Å²) in [6, 6.07) is 5.10. The predicted molar refractivity (Wildman–Crippen MR) is 127 cm³/mol. The molecule has 1 aromatic heterocycles. The zero-order valence-corrected chi connectivity index (χ0v) is 19.0. The van der Waals surface area contributed by atoms with Crippen molar-refractivity contribution in [3.8, 4) is 5.75 Å². The van der Waals surface area contributed by atoms with Gasteiger partial charge in [0.25, 0.3) is 0 Å². The predicted octanol–water partition coefficient (Wildman–Crippen LogP) is 7.91. The minimum absolute atomic E-state index is 0.0290. The summed E-state index contributed by atoms with van der Waals surface area (Å²) in [5.74, 6) is 0.0696. The molecule has 0 saturated heterocycles. The molecule has 0 radical (unpaired) electrons. The molecule has 31 heavy (non-hydrogen) atoms. The second-order valence-electron chi connectivity index (χ2n) is 8.04. The van der Waals surface area contributed by atoms with Crippen molar-refractivity contribution >= 4 is 10.8 Å². The lowest BCUT2D eigenvalue weighted by molar-refractivity contribution is 0.291. The molecule has 2 rings (SSSR count). The van der Waals surface area contributed by atoms with E-state index in [9.17, 15) is 9.18 Å². The number of ether oxygens (including phenoxy) is 1. The van der Waals surface area contributed by atoms with Crippen molar-refractivity contribution in [1.29, 1.82) is 0 Å². The van der Waals surface area contributed by atoms with E-state index < -0.39 is 11.4 Å². The van der Waals surface area contributed by atoms with Gasteiger partial charge < -0.3 is 9.15 Å². The molecule has 2 aromatic rings. The first-order valence-corrected chi connectivity index (χ1v) is 11.8. The van der Waals surface area contributed by atoms with Crippen LogP contribution in [0, 0.1) is 5.82 Å². The van der Waals surface area contributed by atoms with Gasteiger partial charge in [-0.05, 0) is 43.2 Å². The Hall–Kier alpha value is -2.36. The third-order valence-electron chi connectivity index (χ3n) is 5.40. The molecule has 0 spiro atoms. The molecular formula is C27H37FO3. The van der Waals surface area contributed by atoms with Gasteiger partial charge in [-0.25, -0.2) is 9.18 Å². The first-order valence-electron chi connectivity index (χ1n) is 11.8.